The van der Waals surface area contributed by atoms with Crippen LogP contribution in [0.2, 0.25) is 0 Å². The summed E-state index contributed by atoms with van der Waals surface area (Å²) in [5, 5.41) is 10.5. The van der Waals surface area contributed by atoms with Gasteiger partial charge in [-0.05, 0) is 56.6 Å². The minimum atomic E-state index is -1.24. The summed E-state index contributed by atoms with van der Waals surface area (Å²) in [6.45, 7) is 15.5. The number of fused-ring (bicyclic) bond motifs is 1. The normalized spacial score (nSPS) is 29.0. The number of alkyl halides is 1. The maximum atomic E-state index is 14.8. The van der Waals surface area contributed by atoms with E-state index in [1.807, 2.05) is 52.0 Å². The van der Waals surface area contributed by atoms with Crippen molar-refractivity contribution in [2.75, 3.05) is 24.7 Å². The zero-order chi connectivity index (χ0) is 30.1. The Balaban J connectivity index is 1.78. The Labute approximate surface area is 251 Å². The molecule has 0 radical (unpaired) electrons. The first-order chi connectivity index (χ1) is 19.5. The number of aryl methyl sites for hydroxylation is 2. The molecule has 7 atom stereocenters. The van der Waals surface area contributed by atoms with Crippen LogP contribution in [0.3, 0.4) is 0 Å². The summed E-state index contributed by atoms with van der Waals surface area (Å²) >= 11 is 3.71. The number of ether oxygens (including phenoxy) is 2. The topological polar surface area (TPSA) is 96.4 Å². The largest absolute Gasteiger partial charge is 0.465 e. The van der Waals surface area contributed by atoms with Gasteiger partial charge in [-0.3, -0.25) is 14.4 Å². The number of unbranched alkanes of at least 4 members (excludes halogenated alkanes) is 2. The van der Waals surface area contributed by atoms with Gasteiger partial charge in [0.2, 0.25) is 5.91 Å². The molecular weight excluding hydrogens is 588 g/mol. The molecule has 1 aromatic rings. The Morgan fingerprint density at radius 2 is 1.93 bits per heavy atom. The Morgan fingerprint density at radius 1 is 1.24 bits per heavy atom. The minimum absolute atomic E-state index is 0.144. The Bertz CT molecular complexity index is 1170. The van der Waals surface area contributed by atoms with Gasteiger partial charge in [0.05, 0.1) is 37.2 Å². The molecule has 0 saturated carbocycles. The van der Waals surface area contributed by atoms with Gasteiger partial charge in [-0.25, -0.2) is 0 Å². The number of nitrogens with zero attached hydrogens (tertiary/aromatic N) is 2. The second-order valence-corrected chi connectivity index (χ2v) is 13.0. The molecule has 9 heteroatoms. The third-order valence-electron chi connectivity index (χ3n) is 8.88. The average molecular weight is 632 g/mol. The number of rotatable bonds is 13. The molecule has 3 unspecified atom stereocenters. The number of hydrogen-bond donors (Lipinski definition) is 1. The highest BCUT2D eigenvalue weighted by Gasteiger charge is 2.77. The zero-order valence-electron chi connectivity index (χ0n) is 24.6. The molecule has 3 aliphatic rings. The third-order valence-corrected chi connectivity index (χ3v) is 9.73. The highest BCUT2D eigenvalue weighted by molar-refractivity contribution is 9.09. The molecule has 1 spiro atoms. The number of esters is 1. The van der Waals surface area contributed by atoms with Crippen LogP contribution in [0.25, 0.3) is 0 Å². The van der Waals surface area contributed by atoms with Crippen molar-refractivity contribution in [2.24, 2.45) is 17.8 Å². The number of halogens is 1. The number of para-hydroxylation sites is 1. The minimum Gasteiger partial charge on any atom is -0.465 e. The van der Waals surface area contributed by atoms with Crippen molar-refractivity contribution in [1.29, 1.82) is 0 Å². The molecule has 3 aliphatic heterocycles. The molecule has 0 aliphatic carbocycles. The molecule has 8 nitrogen and oxygen atoms in total. The number of carbonyl (C=O) groups is 3. The zero-order valence-corrected chi connectivity index (χ0v) is 26.1. The van der Waals surface area contributed by atoms with Crippen molar-refractivity contribution in [3.63, 3.8) is 0 Å². The number of aliphatic hydroxyl groups is 1. The predicted octanol–water partition coefficient (Wildman–Crippen LogP) is 4.49. The summed E-state index contributed by atoms with van der Waals surface area (Å²) < 4.78 is 12.3. The molecule has 3 saturated heterocycles. The molecule has 41 heavy (non-hydrogen) atoms. The number of benzene rings is 1. The molecule has 2 bridgehead atoms. The Hall–Kier alpha value is -2.49. The van der Waals surface area contributed by atoms with E-state index >= 15 is 0 Å². The molecule has 4 rings (SSSR count). The van der Waals surface area contributed by atoms with Gasteiger partial charge in [-0.2, -0.15) is 0 Å². The van der Waals surface area contributed by atoms with Gasteiger partial charge in [0.25, 0.3) is 5.91 Å². The maximum Gasteiger partial charge on any atom is 0.312 e. The number of allylic oxidation sites excluding steroid dienone is 1. The quantitative estimate of drug-likeness (QED) is 0.149. The van der Waals surface area contributed by atoms with E-state index in [4.69, 9.17) is 9.47 Å². The summed E-state index contributed by atoms with van der Waals surface area (Å²) in [7, 11) is 0. The average Bonchev–Trinajstić information content (AvgIpc) is 3.51. The smallest absolute Gasteiger partial charge is 0.312 e. The van der Waals surface area contributed by atoms with E-state index in [-0.39, 0.29) is 42.3 Å². The lowest BCUT2D eigenvalue weighted by molar-refractivity contribution is -0.156. The monoisotopic (exact) mass is 630 g/mol. The van der Waals surface area contributed by atoms with Crippen LogP contribution in [-0.2, 0) is 23.9 Å². The van der Waals surface area contributed by atoms with Crippen LogP contribution in [-0.4, -0.2) is 76.2 Å². The lowest BCUT2D eigenvalue weighted by Crippen LogP contribution is -2.60. The maximum absolute atomic E-state index is 14.8. The van der Waals surface area contributed by atoms with E-state index in [2.05, 4.69) is 29.1 Å². The molecule has 1 aromatic carbocycles. The first kappa shape index (κ1) is 31.4. The fraction of sp³-hybridized carbons (Fsp3) is 0.594. The predicted molar refractivity (Wildman–Crippen MR) is 162 cm³/mol. The number of anilines is 1. The van der Waals surface area contributed by atoms with Crippen LogP contribution in [0.15, 0.2) is 43.5 Å². The fourth-order valence-corrected chi connectivity index (χ4v) is 8.00. The molecule has 3 heterocycles. The van der Waals surface area contributed by atoms with E-state index in [0.717, 1.165) is 29.7 Å². The van der Waals surface area contributed by atoms with Crippen LogP contribution in [0.4, 0.5) is 5.69 Å². The number of amides is 2. The summed E-state index contributed by atoms with van der Waals surface area (Å²) in [6, 6.07) is 4.17. The molecule has 2 amide bonds. The van der Waals surface area contributed by atoms with E-state index in [9.17, 15) is 19.5 Å². The van der Waals surface area contributed by atoms with Crippen LogP contribution in [0.1, 0.15) is 50.7 Å². The third kappa shape index (κ3) is 5.41. The lowest BCUT2D eigenvalue weighted by atomic mass is 9.70. The van der Waals surface area contributed by atoms with E-state index in [0.29, 0.717) is 12.8 Å². The second kappa shape index (κ2) is 12.8. The van der Waals surface area contributed by atoms with Gasteiger partial charge in [0.15, 0.2) is 0 Å². The summed E-state index contributed by atoms with van der Waals surface area (Å²) in [6.07, 6.45) is 5.65. The number of carbonyl (C=O) groups excluding carboxylic acids is 3. The summed E-state index contributed by atoms with van der Waals surface area (Å²) in [5.41, 5.74) is 1.35. The van der Waals surface area contributed by atoms with Crippen LogP contribution in [0.5, 0.6) is 0 Å². The second-order valence-electron chi connectivity index (χ2n) is 11.8. The highest BCUT2D eigenvalue weighted by atomic mass is 79.9. The van der Waals surface area contributed by atoms with Crippen LogP contribution < -0.4 is 4.90 Å². The Morgan fingerprint density at radius 3 is 2.51 bits per heavy atom. The summed E-state index contributed by atoms with van der Waals surface area (Å²) in [4.78, 5) is 45.7. The molecule has 3 fully saturated rings. The molecular formula is C32H43BrN2O6. The standard InChI is InChI=1S/C32H43BrN2O6/c1-7-9-10-11-16-40-31(39)24-25-29(37)35(23(18-36)19(3)4)28(32(25)17-22(33)27(24)41-32)30(38)34(15-8-2)26-20(5)13-12-14-21(26)6/h7-8,12-14,19,22-25,27-28,36H,1-2,9-11,15-18H2,3-6H3/t22?,23-,24+,25-,27+,28?,32?/m0/s1. The number of likely N-dealkylation sites (tertiary alicyclic amines) is 1. The van der Waals surface area contributed by atoms with Gasteiger partial charge >= 0.3 is 5.97 Å². The van der Waals surface area contributed by atoms with Gasteiger partial charge in [0, 0.05) is 17.1 Å². The number of hydrogen-bond acceptors (Lipinski definition) is 6. The molecule has 224 valence electrons. The van der Waals surface area contributed by atoms with Gasteiger partial charge in [0.1, 0.15) is 11.6 Å². The lowest BCUT2D eigenvalue weighted by Gasteiger charge is -2.41. The van der Waals surface area contributed by atoms with Crippen molar-refractivity contribution in [1.82, 2.24) is 4.90 Å². The van der Waals surface area contributed by atoms with Gasteiger partial charge < -0.3 is 24.4 Å². The first-order valence-electron chi connectivity index (χ1n) is 14.6. The summed E-state index contributed by atoms with van der Waals surface area (Å²) in [5.74, 6) is -3.00. The van der Waals surface area contributed by atoms with Crippen molar-refractivity contribution >= 4 is 39.4 Å². The van der Waals surface area contributed by atoms with E-state index in [1.165, 1.54) is 4.90 Å². The SMILES string of the molecule is C=CCCCCOC(=O)[C@H]1[C@@H]2OC3(CC2Br)C(C(=O)N(CC=C)c2c(C)cccc2C)N([C@@H](CO)C(C)C)C(=O)[C@H]13. The van der Waals surface area contributed by atoms with E-state index < -0.39 is 41.6 Å². The Kier molecular flexibility index (Phi) is 9.81. The van der Waals surface area contributed by atoms with Crippen molar-refractivity contribution in [2.45, 2.75) is 82.0 Å². The van der Waals surface area contributed by atoms with Crippen molar-refractivity contribution < 1.29 is 29.0 Å². The van der Waals surface area contributed by atoms with Crippen LogP contribution >= 0.6 is 15.9 Å². The van der Waals surface area contributed by atoms with Crippen molar-refractivity contribution in [3.05, 3.63) is 54.6 Å². The fourth-order valence-electron chi connectivity index (χ4n) is 7.05. The first-order valence-corrected chi connectivity index (χ1v) is 15.5. The molecule has 0 aromatic heterocycles. The molecule has 1 N–H and O–H groups in total. The van der Waals surface area contributed by atoms with Gasteiger partial charge in [-0.1, -0.05) is 60.1 Å². The van der Waals surface area contributed by atoms with Crippen LogP contribution in [0, 0.1) is 31.6 Å². The van der Waals surface area contributed by atoms with E-state index in [1.54, 1.807) is 11.0 Å². The number of aliphatic hydroxyl groups excluding tert-OH is 1. The highest BCUT2D eigenvalue weighted by Crippen LogP contribution is 2.61. The van der Waals surface area contributed by atoms with Crippen molar-refractivity contribution in [3.8, 4) is 0 Å². The van der Waals surface area contributed by atoms with Gasteiger partial charge in [-0.15, -0.1) is 13.2 Å².